The highest BCUT2D eigenvalue weighted by Gasteiger charge is 2.17. The molecule has 0 atom stereocenters. The molecule has 3 amide bonds. The van der Waals surface area contributed by atoms with E-state index in [4.69, 9.17) is 9.47 Å². The Morgan fingerprint density at radius 3 is 2.03 bits per heavy atom. The average molecular weight is 498 g/mol. The molecular weight excluding hydrogens is 470 g/mol. The third kappa shape index (κ3) is 6.24. The Labute approximate surface area is 214 Å². The zero-order chi connectivity index (χ0) is 26.2. The lowest BCUT2D eigenvalue weighted by atomic mass is 10.0. The molecule has 3 N–H and O–H groups in total. The van der Waals surface area contributed by atoms with Crippen LogP contribution in [0, 0.1) is 0 Å². The normalized spacial score (nSPS) is 10.4. The molecule has 0 aliphatic heterocycles. The lowest BCUT2D eigenvalue weighted by Gasteiger charge is -2.16. The van der Waals surface area contributed by atoms with Crippen molar-refractivity contribution in [2.24, 2.45) is 0 Å². The smallest absolute Gasteiger partial charge is 0.255 e. The van der Waals surface area contributed by atoms with Crippen molar-refractivity contribution in [3.63, 3.8) is 0 Å². The minimum Gasteiger partial charge on any atom is -0.494 e. The molecule has 8 heteroatoms. The number of hydrogen-bond acceptors (Lipinski definition) is 5. The molecule has 4 aromatic rings. The molecule has 0 aliphatic carbocycles. The molecule has 0 aliphatic rings. The van der Waals surface area contributed by atoms with Gasteiger partial charge in [0.05, 0.1) is 38.6 Å². The van der Waals surface area contributed by atoms with Crippen LogP contribution in [0.1, 0.15) is 15.9 Å². The summed E-state index contributed by atoms with van der Waals surface area (Å²) in [5.41, 5.74) is 2.09. The highest BCUT2D eigenvalue weighted by Crippen LogP contribution is 2.36. The van der Waals surface area contributed by atoms with Crippen molar-refractivity contribution < 1.29 is 23.9 Å². The summed E-state index contributed by atoms with van der Waals surface area (Å²) in [6.45, 7) is -0.221. The van der Waals surface area contributed by atoms with E-state index in [0.29, 0.717) is 28.4 Å². The zero-order valence-electron chi connectivity index (χ0n) is 20.5. The minimum absolute atomic E-state index is 0.154. The number of hydrogen-bond donors (Lipinski definition) is 3. The quantitative estimate of drug-likeness (QED) is 0.318. The summed E-state index contributed by atoms with van der Waals surface area (Å²) in [5, 5.41) is 10.2. The van der Waals surface area contributed by atoms with Crippen molar-refractivity contribution in [2.45, 2.75) is 6.42 Å². The first-order chi connectivity index (χ1) is 18.0. The molecule has 0 fully saturated rings. The Bertz CT molecular complexity index is 1430. The molecule has 37 heavy (non-hydrogen) atoms. The lowest BCUT2D eigenvalue weighted by molar-refractivity contribution is -0.123. The average Bonchev–Trinajstić information content (AvgIpc) is 2.93. The number of methoxy groups -OCH3 is 2. The Kier molecular flexibility index (Phi) is 8.00. The summed E-state index contributed by atoms with van der Waals surface area (Å²) in [4.78, 5) is 37.7. The summed E-state index contributed by atoms with van der Waals surface area (Å²) < 4.78 is 10.8. The number of nitrogens with one attached hydrogen (secondary N) is 3. The third-order valence-corrected chi connectivity index (χ3v) is 5.76. The highest BCUT2D eigenvalue weighted by atomic mass is 16.5. The van der Waals surface area contributed by atoms with Crippen molar-refractivity contribution in [2.75, 3.05) is 31.4 Å². The van der Waals surface area contributed by atoms with E-state index < -0.39 is 5.91 Å². The standard InChI is InChI=1S/C29H27N3O5/c1-36-25-17-24(32-29(35)20-10-4-3-5-11-20)26(37-2)16-23(25)31-28(34)18-30-27(33)15-21-13-8-12-19-9-6-7-14-22(19)21/h3-14,16-17H,15,18H2,1-2H3,(H,30,33)(H,31,34)(H,32,35). The monoisotopic (exact) mass is 497 g/mol. The van der Waals surface area contributed by atoms with E-state index >= 15 is 0 Å². The van der Waals surface area contributed by atoms with Gasteiger partial charge in [-0.15, -0.1) is 0 Å². The molecule has 0 radical (unpaired) electrons. The van der Waals surface area contributed by atoms with Crippen LogP contribution in [-0.4, -0.2) is 38.5 Å². The number of anilines is 2. The van der Waals surface area contributed by atoms with Crippen LogP contribution >= 0.6 is 0 Å². The van der Waals surface area contributed by atoms with Crippen LogP contribution in [-0.2, 0) is 16.0 Å². The molecule has 0 saturated carbocycles. The van der Waals surface area contributed by atoms with Crippen LogP contribution in [0.5, 0.6) is 11.5 Å². The second kappa shape index (κ2) is 11.7. The fourth-order valence-corrected chi connectivity index (χ4v) is 3.93. The van der Waals surface area contributed by atoms with E-state index in [-0.39, 0.29) is 24.8 Å². The van der Waals surface area contributed by atoms with Crippen molar-refractivity contribution in [1.82, 2.24) is 5.32 Å². The van der Waals surface area contributed by atoms with E-state index in [0.717, 1.165) is 16.3 Å². The number of carbonyl (C=O) groups excluding carboxylic acids is 3. The molecule has 8 nitrogen and oxygen atoms in total. The lowest BCUT2D eigenvalue weighted by Crippen LogP contribution is -2.33. The van der Waals surface area contributed by atoms with Crippen LogP contribution in [0.15, 0.2) is 84.9 Å². The molecule has 4 aromatic carbocycles. The van der Waals surface area contributed by atoms with Crippen molar-refractivity contribution in [1.29, 1.82) is 0 Å². The Morgan fingerprint density at radius 1 is 0.703 bits per heavy atom. The summed E-state index contributed by atoms with van der Waals surface area (Å²) in [6.07, 6.45) is 0.154. The molecular formula is C29H27N3O5. The van der Waals surface area contributed by atoms with Gasteiger partial charge in [0, 0.05) is 17.7 Å². The molecule has 0 spiro atoms. The number of amides is 3. The molecule has 0 heterocycles. The minimum atomic E-state index is -0.437. The maximum atomic E-state index is 12.6. The van der Waals surface area contributed by atoms with Gasteiger partial charge in [0.15, 0.2) is 0 Å². The molecule has 4 rings (SSSR count). The van der Waals surface area contributed by atoms with E-state index in [9.17, 15) is 14.4 Å². The number of rotatable bonds is 9. The first-order valence-electron chi connectivity index (χ1n) is 11.6. The maximum Gasteiger partial charge on any atom is 0.255 e. The fourth-order valence-electron chi connectivity index (χ4n) is 3.93. The topological polar surface area (TPSA) is 106 Å². The van der Waals surface area contributed by atoms with Gasteiger partial charge in [-0.25, -0.2) is 0 Å². The number of ether oxygens (including phenoxy) is 2. The molecule has 188 valence electrons. The first-order valence-corrected chi connectivity index (χ1v) is 11.6. The zero-order valence-corrected chi connectivity index (χ0v) is 20.5. The Balaban J connectivity index is 1.40. The highest BCUT2D eigenvalue weighted by molar-refractivity contribution is 6.05. The van der Waals surface area contributed by atoms with Gasteiger partial charge in [-0.3, -0.25) is 14.4 Å². The molecule has 0 unspecified atom stereocenters. The maximum absolute atomic E-state index is 12.6. The van der Waals surface area contributed by atoms with E-state index in [2.05, 4.69) is 16.0 Å². The Morgan fingerprint density at radius 2 is 1.32 bits per heavy atom. The molecule has 0 saturated heterocycles. The van der Waals surface area contributed by atoms with Crippen LogP contribution < -0.4 is 25.4 Å². The predicted molar refractivity (Wildman–Crippen MR) is 143 cm³/mol. The van der Waals surface area contributed by atoms with Crippen LogP contribution in [0.2, 0.25) is 0 Å². The SMILES string of the molecule is COc1cc(NC(=O)c2ccccc2)c(OC)cc1NC(=O)CNC(=O)Cc1cccc2ccccc12. The second-order valence-corrected chi connectivity index (χ2v) is 8.21. The van der Waals surface area contributed by atoms with E-state index in [1.165, 1.54) is 14.2 Å². The van der Waals surface area contributed by atoms with Gasteiger partial charge in [0.25, 0.3) is 5.91 Å². The van der Waals surface area contributed by atoms with Gasteiger partial charge in [-0.1, -0.05) is 60.7 Å². The van der Waals surface area contributed by atoms with Crippen LogP contribution in [0.3, 0.4) is 0 Å². The molecule has 0 aromatic heterocycles. The Hall–Kier alpha value is -4.85. The van der Waals surface area contributed by atoms with Gasteiger partial charge in [0.2, 0.25) is 11.8 Å². The van der Waals surface area contributed by atoms with Gasteiger partial charge >= 0.3 is 0 Å². The van der Waals surface area contributed by atoms with Crippen molar-refractivity contribution >= 4 is 39.9 Å². The number of carbonyl (C=O) groups is 3. The largest absolute Gasteiger partial charge is 0.494 e. The van der Waals surface area contributed by atoms with Gasteiger partial charge < -0.3 is 25.4 Å². The van der Waals surface area contributed by atoms with Crippen LogP contribution in [0.4, 0.5) is 11.4 Å². The summed E-state index contributed by atoms with van der Waals surface area (Å²) in [5.74, 6) is -0.366. The number of fused-ring (bicyclic) bond motifs is 1. The first kappa shape index (κ1) is 25.2. The number of benzene rings is 4. The van der Waals surface area contributed by atoms with Crippen molar-refractivity contribution in [3.8, 4) is 11.5 Å². The van der Waals surface area contributed by atoms with Gasteiger partial charge in [0.1, 0.15) is 11.5 Å². The predicted octanol–water partition coefficient (Wildman–Crippen LogP) is 4.41. The van der Waals surface area contributed by atoms with E-state index in [1.54, 1.807) is 36.4 Å². The second-order valence-electron chi connectivity index (χ2n) is 8.21. The molecule has 0 bridgehead atoms. The summed E-state index contributed by atoms with van der Waals surface area (Å²) >= 11 is 0. The third-order valence-electron chi connectivity index (χ3n) is 5.76. The van der Waals surface area contributed by atoms with Crippen LogP contribution in [0.25, 0.3) is 10.8 Å². The van der Waals surface area contributed by atoms with Crippen molar-refractivity contribution in [3.05, 3.63) is 96.1 Å². The van der Waals surface area contributed by atoms with Gasteiger partial charge in [-0.2, -0.15) is 0 Å². The summed E-state index contributed by atoms with van der Waals surface area (Å²) in [7, 11) is 2.91. The van der Waals surface area contributed by atoms with E-state index in [1.807, 2.05) is 48.5 Å². The van der Waals surface area contributed by atoms with Gasteiger partial charge in [-0.05, 0) is 28.5 Å². The summed E-state index contributed by atoms with van der Waals surface area (Å²) in [6, 6.07) is 25.5. The fraction of sp³-hybridized carbons (Fsp3) is 0.138.